The van der Waals surface area contributed by atoms with E-state index in [1.54, 1.807) is 17.2 Å². The van der Waals surface area contributed by atoms with E-state index in [0.29, 0.717) is 29.4 Å². The Labute approximate surface area is 160 Å². The van der Waals surface area contributed by atoms with Crippen molar-refractivity contribution in [2.45, 2.75) is 18.5 Å². The van der Waals surface area contributed by atoms with Crippen LogP contribution in [-0.2, 0) is 0 Å². The van der Waals surface area contributed by atoms with Crippen LogP contribution in [0.25, 0.3) is 11.0 Å². The van der Waals surface area contributed by atoms with Crippen LogP contribution in [0.5, 0.6) is 0 Å². The van der Waals surface area contributed by atoms with E-state index in [1.165, 1.54) is 6.33 Å². The smallest absolute Gasteiger partial charge is 0.273 e. The number of fused-ring (bicyclic) bond motifs is 2. The van der Waals surface area contributed by atoms with Crippen LogP contribution in [-0.4, -0.2) is 49.8 Å². The van der Waals surface area contributed by atoms with Crippen molar-refractivity contribution in [3.8, 4) is 0 Å². The second-order valence-corrected chi connectivity index (χ2v) is 6.71. The second-order valence-electron chi connectivity index (χ2n) is 6.22. The van der Waals surface area contributed by atoms with Crippen molar-refractivity contribution in [2.75, 3.05) is 11.4 Å². The zero-order chi connectivity index (χ0) is 19.0. The first kappa shape index (κ1) is 17.3. The van der Waals surface area contributed by atoms with Crippen molar-refractivity contribution in [1.29, 1.82) is 0 Å². The number of nitrogens with zero attached hydrogens (tertiary/aromatic N) is 4. The standard InChI is InChI=1S/C17H17N7O2S/c1-9(7-24-14-12(19-8-20-14)16(26)23-17(24)27)21-15(25)11-5-4-10-3-2-6-18-13(10)22-11/h2-6,8-9,17,27H,7H2,1H3,(H,19,20)(H,21,25)(H,23,26). The SMILES string of the molecule is CC(CN1c2nc[nH]c2C(=O)NC1S)NC(=O)c1ccc2cccnc2n1. The van der Waals surface area contributed by atoms with E-state index in [2.05, 4.69) is 43.2 Å². The van der Waals surface area contributed by atoms with Crippen LogP contribution in [0.1, 0.15) is 27.9 Å². The van der Waals surface area contributed by atoms with Crippen molar-refractivity contribution >= 4 is 41.3 Å². The van der Waals surface area contributed by atoms with E-state index in [1.807, 2.05) is 25.1 Å². The molecule has 9 nitrogen and oxygen atoms in total. The lowest BCUT2D eigenvalue weighted by Crippen LogP contribution is -2.54. The molecule has 0 saturated carbocycles. The molecule has 0 saturated heterocycles. The number of pyridine rings is 2. The molecule has 1 aliphatic rings. The number of aromatic amines is 1. The number of aromatic nitrogens is 4. The van der Waals surface area contributed by atoms with Gasteiger partial charge in [-0.3, -0.25) is 9.59 Å². The highest BCUT2D eigenvalue weighted by Gasteiger charge is 2.32. The minimum Gasteiger partial charge on any atom is -0.346 e. The molecule has 138 valence electrons. The molecule has 0 aromatic carbocycles. The van der Waals surface area contributed by atoms with Gasteiger partial charge in [0.1, 0.15) is 16.9 Å². The summed E-state index contributed by atoms with van der Waals surface area (Å²) in [6, 6.07) is 6.95. The number of rotatable bonds is 4. The molecule has 3 aromatic rings. The summed E-state index contributed by atoms with van der Waals surface area (Å²) in [4.78, 5) is 41.7. The number of carbonyl (C=O) groups excluding carboxylic acids is 2. The summed E-state index contributed by atoms with van der Waals surface area (Å²) in [6.07, 6.45) is 3.09. The van der Waals surface area contributed by atoms with E-state index in [4.69, 9.17) is 0 Å². The van der Waals surface area contributed by atoms with E-state index < -0.39 is 5.50 Å². The molecule has 0 aliphatic carbocycles. The van der Waals surface area contributed by atoms with Gasteiger partial charge in [-0.15, -0.1) is 12.6 Å². The monoisotopic (exact) mass is 383 g/mol. The number of nitrogens with one attached hydrogen (secondary N) is 3. The quantitative estimate of drug-likeness (QED) is 0.498. The first-order valence-corrected chi connectivity index (χ1v) is 8.86. The molecule has 3 N–H and O–H groups in total. The molecule has 2 atom stereocenters. The van der Waals surface area contributed by atoms with Crippen molar-refractivity contribution < 1.29 is 9.59 Å². The maximum Gasteiger partial charge on any atom is 0.273 e. The predicted molar refractivity (Wildman–Crippen MR) is 103 cm³/mol. The third-order valence-corrected chi connectivity index (χ3v) is 4.63. The molecule has 0 fully saturated rings. The highest BCUT2D eigenvalue weighted by atomic mass is 32.1. The van der Waals surface area contributed by atoms with Gasteiger partial charge in [0.15, 0.2) is 11.5 Å². The van der Waals surface area contributed by atoms with Crippen LogP contribution in [0.2, 0.25) is 0 Å². The maximum atomic E-state index is 12.5. The fourth-order valence-corrected chi connectivity index (χ4v) is 3.28. The fraction of sp³-hybridized carbons (Fsp3) is 0.235. The van der Waals surface area contributed by atoms with Crippen molar-refractivity contribution in [3.05, 3.63) is 48.2 Å². The highest BCUT2D eigenvalue weighted by Crippen LogP contribution is 2.24. The Kier molecular flexibility index (Phi) is 4.40. The first-order chi connectivity index (χ1) is 13.0. The Balaban J connectivity index is 1.47. The van der Waals surface area contributed by atoms with Crippen LogP contribution in [0, 0.1) is 0 Å². The summed E-state index contributed by atoms with van der Waals surface area (Å²) in [7, 11) is 0. The molecule has 0 spiro atoms. The summed E-state index contributed by atoms with van der Waals surface area (Å²) in [5.74, 6) is -0.0507. The highest BCUT2D eigenvalue weighted by molar-refractivity contribution is 7.81. The molecule has 2 unspecified atom stereocenters. The zero-order valence-corrected chi connectivity index (χ0v) is 15.3. The lowest BCUT2D eigenvalue weighted by atomic mass is 10.2. The van der Waals surface area contributed by atoms with Gasteiger partial charge in [-0.25, -0.2) is 15.0 Å². The van der Waals surface area contributed by atoms with Crippen LogP contribution >= 0.6 is 12.6 Å². The predicted octanol–water partition coefficient (Wildman–Crippen LogP) is 0.935. The van der Waals surface area contributed by atoms with E-state index in [-0.39, 0.29) is 17.9 Å². The molecular weight excluding hydrogens is 366 g/mol. The maximum absolute atomic E-state index is 12.5. The number of hydrogen-bond acceptors (Lipinski definition) is 7. The topological polar surface area (TPSA) is 116 Å². The molecule has 0 radical (unpaired) electrons. The van der Waals surface area contributed by atoms with Gasteiger partial charge in [0.25, 0.3) is 11.8 Å². The average Bonchev–Trinajstić information content (AvgIpc) is 3.15. The number of anilines is 1. The number of H-pyrrole nitrogens is 1. The van der Waals surface area contributed by atoms with Crippen molar-refractivity contribution in [2.24, 2.45) is 0 Å². The molecule has 4 rings (SSSR count). The van der Waals surface area contributed by atoms with Crippen LogP contribution < -0.4 is 15.5 Å². The Morgan fingerprint density at radius 1 is 1.37 bits per heavy atom. The fourth-order valence-electron chi connectivity index (χ4n) is 2.96. The summed E-state index contributed by atoms with van der Waals surface area (Å²) in [6.45, 7) is 2.27. The molecule has 4 heterocycles. The first-order valence-electron chi connectivity index (χ1n) is 8.34. The van der Waals surface area contributed by atoms with Gasteiger partial charge in [0, 0.05) is 24.2 Å². The van der Waals surface area contributed by atoms with Gasteiger partial charge in [-0.05, 0) is 31.2 Å². The summed E-state index contributed by atoms with van der Waals surface area (Å²) >= 11 is 4.40. The summed E-state index contributed by atoms with van der Waals surface area (Å²) in [5.41, 5.74) is 0.660. The zero-order valence-electron chi connectivity index (χ0n) is 14.4. The van der Waals surface area contributed by atoms with Gasteiger partial charge in [-0.1, -0.05) is 0 Å². The molecule has 27 heavy (non-hydrogen) atoms. The number of thiol groups is 1. The van der Waals surface area contributed by atoms with Gasteiger partial charge < -0.3 is 20.5 Å². The number of amides is 2. The minimum atomic E-state index is -0.532. The Hall–Kier alpha value is -3.14. The minimum absolute atomic E-state index is 0.243. The largest absolute Gasteiger partial charge is 0.346 e. The summed E-state index contributed by atoms with van der Waals surface area (Å²) < 4.78 is 0. The third-order valence-electron chi connectivity index (χ3n) is 4.22. The third kappa shape index (κ3) is 3.31. The van der Waals surface area contributed by atoms with Gasteiger partial charge in [0.05, 0.1) is 6.33 Å². The molecule has 10 heteroatoms. The second kappa shape index (κ2) is 6.88. The molecular formula is C17H17N7O2S. The number of imidazole rings is 1. The number of hydrogen-bond donors (Lipinski definition) is 4. The average molecular weight is 383 g/mol. The van der Waals surface area contributed by atoms with Crippen molar-refractivity contribution in [3.63, 3.8) is 0 Å². The van der Waals surface area contributed by atoms with Crippen LogP contribution in [0.4, 0.5) is 5.82 Å². The van der Waals surface area contributed by atoms with Crippen LogP contribution in [0.3, 0.4) is 0 Å². The Morgan fingerprint density at radius 2 is 2.22 bits per heavy atom. The molecule has 0 bridgehead atoms. The Bertz CT molecular complexity index is 1020. The van der Waals surface area contributed by atoms with Gasteiger partial charge in [0.2, 0.25) is 0 Å². The molecule has 3 aromatic heterocycles. The van der Waals surface area contributed by atoms with E-state index in [9.17, 15) is 9.59 Å². The Morgan fingerprint density at radius 3 is 3.07 bits per heavy atom. The number of carbonyl (C=O) groups is 2. The van der Waals surface area contributed by atoms with Gasteiger partial charge in [-0.2, -0.15) is 0 Å². The van der Waals surface area contributed by atoms with Crippen LogP contribution in [0.15, 0.2) is 36.8 Å². The van der Waals surface area contributed by atoms with E-state index >= 15 is 0 Å². The lowest BCUT2D eigenvalue weighted by Gasteiger charge is -2.35. The molecule has 1 aliphatic heterocycles. The normalized spacial score (nSPS) is 17.3. The van der Waals surface area contributed by atoms with Gasteiger partial charge >= 0.3 is 0 Å². The summed E-state index contributed by atoms with van der Waals surface area (Å²) in [5, 5.41) is 6.51. The van der Waals surface area contributed by atoms with Crippen molar-refractivity contribution in [1.82, 2.24) is 30.6 Å². The van der Waals surface area contributed by atoms with E-state index in [0.717, 1.165) is 5.39 Å². The molecule has 2 amide bonds. The lowest BCUT2D eigenvalue weighted by molar-refractivity contribution is 0.0920.